The molecule has 0 saturated heterocycles. The largest absolute Gasteiger partial charge is 0.462 e. The summed E-state index contributed by atoms with van der Waals surface area (Å²) in [5.41, 5.74) is 0. The Hall–Kier alpha value is -6.01. The van der Waals surface area contributed by atoms with Crippen molar-refractivity contribution in [1.82, 2.24) is 0 Å². The molecule has 0 aliphatic rings. The fraction of sp³-hybridized carbons (Fsp3) is 0.500. The lowest BCUT2D eigenvalue weighted by Crippen LogP contribution is -2.30. The van der Waals surface area contributed by atoms with Crippen molar-refractivity contribution in [2.24, 2.45) is 0 Å². The van der Waals surface area contributed by atoms with Crippen LogP contribution in [-0.2, 0) is 28.6 Å². The van der Waals surface area contributed by atoms with Crippen molar-refractivity contribution in [1.29, 1.82) is 0 Å². The smallest absolute Gasteiger partial charge is 0.306 e. The van der Waals surface area contributed by atoms with Crippen LogP contribution in [0, 0.1) is 0 Å². The molecule has 0 saturated carbocycles. The minimum absolute atomic E-state index is 0.138. The van der Waals surface area contributed by atoms with E-state index >= 15 is 0 Å². The molecule has 0 aromatic rings. The Kier molecular flexibility index (Phi) is 60.6. The fourth-order valence-corrected chi connectivity index (χ4v) is 7.44. The van der Waals surface area contributed by atoms with Crippen molar-refractivity contribution in [3.05, 3.63) is 207 Å². The lowest BCUT2D eigenvalue weighted by molar-refractivity contribution is -0.166. The molecule has 0 bridgehead atoms. The maximum atomic E-state index is 12.8. The molecule has 0 aromatic heterocycles. The number of hydrogen-bond acceptors (Lipinski definition) is 6. The number of carbonyl (C=O) groups is 3. The first-order chi connectivity index (χ1) is 39.5. The number of esters is 3. The van der Waals surface area contributed by atoms with E-state index in [-0.39, 0.29) is 38.0 Å². The van der Waals surface area contributed by atoms with Crippen LogP contribution in [0.5, 0.6) is 0 Å². The number of unbranched alkanes of at least 4 members (excludes halogenated alkanes) is 8. The zero-order chi connectivity index (χ0) is 57.8. The second kappa shape index (κ2) is 65.5. The summed E-state index contributed by atoms with van der Waals surface area (Å²) in [4.78, 5) is 38.1. The van der Waals surface area contributed by atoms with Crippen LogP contribution in [0.2, 0.25) is 0 Å². The number of carbonyl (C=O) groups excluding carboxylic acids is 3. The average Bonchev–Trinajstić information content (AvgIpc) is 3.46. The SMILES string of the molecule is CC/C=C\C/C=C\C/C=C\C/C=C\C/C=C\C/C=C\C/C=C\C/C=C\C/C=C\C/C=C\CCCCC(=O)OCC(COC(=O)CCCCCCC/C=C\CCC)OC(=O)CC/C=C\C/C=C\C/C=C\C/C=C\C/C=C\C/C=C\CC. The Bertz CT molecular complexity index is 1980. The van der Waals surface area contributed by atoms with Gasteiger partial charge in [0.25, 0.3) is 0 Å². The third kappa shape index (κ3) is 62.8. The summed E-state index contributed by atoms with van der Waals surface area (Å²) in [7, 11) is 0. The van der Waals surface area contributed by atoms with Gasteiger partial charge >= 0.3 is 17.9 Å². The first-order valence-corrected chi connectivity index (χ1v) is 31.1. The Morgan fingerprint density at radius 2 is 0.512 bits per heavy atom. The van der Waals surface area contributed by atoms with E-state index in [0.29, 0.717) is 19.3 Å². The third-order valence-electron chi connectivity index (χ3n) is 12.0. The Balaban J connectivity index is 4.46. The van der Waals surface area contributed by atoms with Gasteiger partial charge in [-0.1, -0.05) is 253 Å². The van der Waals surface area contributed by atoms with Gasteiger partial charge in [0.1, 0.15) is 13.2 Å². The zero-order valence-electron chi connectivity index (χ0n) is 50.5. The van der Waals surface area contributed by atoms with Gasteiger partial charge in [0.2, 0.25) is 0 Å². The highest BCUT2D eigenvalue weighted by molar-refractivity contribution is 5.71. The highest BCUT2D eigenvalue weighted by atomic mass is 16.6. The molecular weight excluding hydrogens is 985 g/mol. The van der Waals surface area contributed by atoms with Gasteiger partial charge in [-0.2, -0.15) is 0 Å². The molecule has 1 atom stereocenters. The molecule has 0 N–H and O–H groups in total. The molecule has 0 heterocycles. The molecule has 0 aliphatic heterocycles. The van der Waals surface area contributed by atoms with Crippen molar-refractivity contribution < 1.29 is 28.6 Å². The molecule has 0 aliphatic carbocycles. The van der Waals surface area contributed by atoms with Crippen molar-refractivity contribution in [2.45, 2.75) is 226 Å². The Morgan fingerprint density at radius 3 is 0.850 bits per heavy atom. The van der Waals surface area contributed by atoms with Gasteiger partial charge in [-0.05, 0) is 154 Å². The normalized spacial score (nSPS) is 13.6. The fourth-order valence-electron chi connectivity index (χ4n) is 7.44. The molecular formula is C74H110O6. The maximum Gasteiger partial charge on any atom is 0.306 e. The summed E-state index contributed by atoms with van der Waals surface area (Å²) < 4.78 is 16.7. The van der Waals surface area contributed by atoms with E-state index in [1.807, 2.05) is 12.2 Å². The van der Waals surface area contributed by atoms with E-state index in [4.69, 9.17) is 14.2 Å². The quantitative estimate of drug-likeness (QED) is 0.0261. The standard InChI is InChI=1S/C74H110O6/c1-4-7-10-13-16-19-22-24-26-28-30-31-32-33-34-35-36-37-38-39-40-41-42-43-45-46-48-50-52-55-58-61-64-67-73(76)79-70-71(69-78-72(75)66-63-60-57-54-21-18-15-12-9-6-3)80-74(77)68-65-62-59-56-53-51-49-47-44-29-27-25-23-20-17-14-11-8-5-2/h7-8,10-12,15-17,19-20,24-27,30-31,33-34,36-37,39-40,42-44,46-48,51-53,55,59,62,71H,4-6,9,13-14,18,21-23,28-29,32,35,38,41,45,49-50,54,56-58,60-61,63-70H2,1-3H3/b10-7-,11-8-,15-12-,19-16-,20-17-,26-24-,27-25-,31-30-,34-33-,37-36-,40-39-,43-42-,47-44-,48-46-,53-51-,55-52-,62-59-. The lowest BCUT2D eigenvalue weighted by Gasteiger charge is -2.18. The number of allylic oxidation sites excluding steroid dienone is 34. The van der Waals surface area contributed by atoms with Crippen molar-refractivity contribution in [2.75, 3.05) is 13.2 Å². The molecule has 0 rings (SSSR count). The van der Waals surface area contributed by atoms with Gasteiger partial charge < -0.3 is 14.2 Å². The van der Waals surface area contributed by atoms with Crippen molar-refractivity contribution >= 4 is 17.9 Å². The van der Waals surface area contributed by atoms with Gasteiger partial charge in [-0.25, -0.2) is 0 Å². The second-order valence-corrected chi connectivity index (χ2v) is 19.5. The summed E-state index contributed by atoms with van der Waals surface area (Å²) >= 11 is 0. The van der Waals surface area contributed by atoms with Crippen LogP contribution in [0.15, 0.2) is 207 Å². The van der Waals surface area contributed by atoms with E-state index in [1.165, 1.54) is 6.42 Å². The van der Waals surface area contributed by atoms with Crippen molar-refractivity contribution in [3.63, 3.8) is 0 Å². The summed E-state index contributed by atoms with van der Waals surface area (Å²) in [6, 6.07) is 0. The topological polar surface area (TPSA) is 78.9 Å². The monoisotopic (exact) mass is 1090 g/mol. The van der Waals surface area contributed by atoms with Crippen LogP contribution < -0.4 is 0 Å². The number of hydrogen-bond donors (Lipinski definition) is 0. The third-order valence-corrected chi connectivity index (χ3v) is 12.0. The highest BCUT2D eigenvalue weighted by Crippen LogP contribution is 2.11. The molecule has 0 fully saturated rings. The van der Waals surface area contributed by atoms with Crippen LogP contribution in [0.25, 0.3) is 0 Å². The molecule has 0 radical (unpaired) electrons. The molecule has 6 heteroatoms. The van der Waals surface area contributed by atoms with E-state index in [0.717, 1.165) is 161 Å². The summed E-state index contributed by atoms with van der Waals surface area (Å²) in [5.74, 6) is -1.09. The lowest BCUT2D eigenvalue weighted by atomic mass is 10.1. The highest BCUT2D eigenvalue weighted by Gasteiger charge is 2.19. The predicted molar refractivity (Wildman–Crippen MR) is 347 cm³/mol. The van der Waals surface area contributed by atoms with Gasteiger partial charge in [-0.3, -0.25) is 14.4 Å². The van der Waals surface area contributed by atoms with Crippen LogP contribution in [-0.4, -0.2) is 37.2 Å². The molecule has 80 heavy (non-hydrogen) atoms. The van der Waals surface area contributed by atoms with Gasteiger partial charge in [-0.15, -0.1) is 0 Å². The van der Waals surface area contributed by atoms with E-state index in [9.17, 15) is 14.4 Å². The van der Waals surface area contributed by atoms with Gasteiger partial charge in [0, 0.05) is 19.3 Å². The Morgan fingerprint density at radius 1 is 0.263 bits per heavy atom. The Labute approximate surface area is 489 Å². The average molecular weight is 1100 g/mol. The van der Waals surface area contributed by atoms with E-state index in [2.05, 4.69) is 215 Å². The van der Waals surface area contributed by atoms with E-state index < -0.39 is 12.1 Å². The minimum Gasteiger partial charge on any atom is -0.462 e. The molecule has 0 spiro atoms. The van der Waals surface area contributed by atoms with Gasteiger partial charge in [0.05, 0.1) is 0 Å². The van der Waals surface area contributed by atoms with Gasteiger partial charge in [0.15, 0.2) is 6.10 Å². The van der Waals surface area contributed by atoms with Crippen LogP contribution in [0.3, 0.4) is 0 Å². The molecule has 0 aromatic carbocycles. The summed E-state index contributed by atoms with van der Waals surface area (Å²) in [5, 5.41) is 0. The molecule has 442 valence electrons. The predicted octanol–water partition coefficient (Wildman–Crippen LogP) is 21.6. The van der Waals surface area contributed by atoms with Crippen LogP contribution in [0.4, 0.5) is 0 Å². The zero-order valence-corrected chi connectivity index (χ0v) is 50.5. The number of rotatable bonds is 53. The first kappa shape index (κ1) is 74.0. The summed E-state index contributed by atoms with van der Waals surface area (Å²) in [6.45, 7) is 6.21. The molecule has 6 nitrogen and oxygen atoms in total. The number of ether oxygens (including phenoxy) is 3. The summed E-state index contributed by atoms with van der Waals surface area (Å²) in [6.07, 6.45) is 101. The first-order valence-electron chi connectivity index (χ1n) is 31.1. The second-order valence-electron chi connectivity index (χ2n) is 19.5. The van der Waals surface area contributed by atoms with Crippen LogP contribution in [0.1, 0.15) is 220 Å². The molecule has 1 unspecified atom stereocenters. The van der Waals surface area contributed by atoms with E-state index in [1.54, 1.807) is 0 Å². The molecule has 0 amide bonds. The maximum absolute atomic E-state index is 12.8. The minimum atomic E-state index is -0.852. The van der Waals surface area contributed by atoms with Crippen molar-refractivity contribution in [3.8, 4) is 0 Å². The van der Waals surface area contributed by atoms with Crippen LogP contribution >= 0.6 is 0 Å².